The highest BCUT2D eigenvalue weighted by Gasteiger charge is 2.32. The molecule has 1 heterocycles. The van der Waals surface area contributed by atoms with Crippen molar-refractivity contribution in [1.82, 2.24) is 16.1 Å². The van der Waals surface area contributed by atoms with Gasteiger partial charge >= 0.3 is 5.97 Å². The summed E-state index contributed by atoms with van der Waals surface area (Å²) in [5, 5.41) is 10.4. The van der Waals surface area contributed by atoms with Gasteiger partial charge in [0.2, 0.25) is 0 Å². The van der Waals surface area contributed by atoms with Crippen molar-refractivity contribution < 1.29 is 23.8 Å². The van der Waals surface area contributed by atoms with Crippen molar-refractivity contribution >= 4 is 67.3 Å². The van der Waals surface area contributed by atoms with E-state index in [2.05, 4.69) is 53.0 Å². The molecule has 0 spiro atoms. The highest BCUT2D eigenvalue weighted by molar-refractivity contribution is 9.11. The summed E-state index contributed by atoms with van der Waals surface area (Å²) in [4.78, 5) is 25.1. The minimum atomic E-state index is -0.613. The lowest BCUT2D eigenvalue weighted by Gasteiger charge is -2.30. The second-order valence-corrected chi connectivity index (χ2v) is 9.60. The van der Waals surface area contributed by atoms with Crippen LogP contribution in [0.15, 0.2) is 61.7 Å². The number of nitrogens with one attached hydrogen (secondary N) is 3. The molecule has 1 aliphatic heterocycles. The summed E-state index contributed by atoms with van der Waals surface area (Å²) in [6.45, 7) is 3.41. The number of allylic oxidation sites excluding steroid dienone is 1. The second kappa shape index (κ2) is 12.8. The summed E-state index contributed by atoms with van der Waals surface area (Å²) in [6, 6.07) is 10.1. The number of hydrogen-bond acceptors (Lipinski definition) is 7. The number of benzene rings is 2. The van der Waals surface area contributed by atoms with Gasteiger partial charge in [-0.05, 0) is 60.2 Å². The molecule has 0 saturated carbocycles. The Morgan fingerprint density at radius 2 is 2.00 bits per heavy atom. The quantitative estimate of drug-likeness (QED) is 0.163. The number of para-hydroxylation sites is 1. The third kappa shape index (κ3) is 6.83. The largest absolute Gasteiger partial charge is 0.495 e. The number of esters is 1. The van der Waals surface area contributed by atoms with E-state index in [1.54, 1.807) is 51.3 Å². The molecule has 1 atom stereocenters. The Kier molecular flexibility index (Phi) is 9.85. The molecule has 3 N–H and O–H groups in total. The molecule has 2 aromatic carbocycles. The number of hydrazone groups is 1. The van der Waals surface area contributed by atoms with Crippen LogP contribution in [0.2, 0.25) is 0 Å². The van der Waals surface area contributed by atoms with Crippen LogP contribution in [0, 0.1) is 0 Å². The predicted octanol–water partition coefficient (Wildman–Crippen LogP) is 4.11. The smallest absolute Gasteiger partial charge is 0.338 e. The zero-order chi connectivity index (χ0) is 26.2. The van der Waals surface area contributed by atoms with Crippen molar-refractivity contribution in [2.45, 2.75) is 19.9 Å². The summed E-state index contributed by atoms with van der Waals surface area (Å²) in [7, 11) is 1.54. The molecule has 0 aliphatic carbocycles. The highest BCUT2D eigenvalue weighted by atomic mass is 79.9. The van der Waals surface area contributed by atoms with Gasteiger partial charge in [-0.2, -0.15) is 5.10 Å². The molecule has 0 bridgehead atoms. The van der Waals surface area contributed by atoms with Crippen molar-refractivity contribution in [2.24, 2.45) is 5.10 Å². The average Bonchev–Trinajstić information content (AvgIpc) is 2.82. The van der Waals surface area contributed by atoms with Gasteiger partial charge in [-0.1, -0.05) is 34.1 Å². The molecule has 2 aromatic rings. The summed E-state index contributed by atoms with van der Waals surface area (Å²) in [6.07, 6.45) is 1.47. The fraction of sp³-hybridized carbons (Fsp3) is 0.250. The van der Waals surface area contributed by atoms with Crippen LogP contribution in [0.1, 0.15) is 31.0 Å². The fourth-order valence-corrected chi connectivity index (χ4v) is 5.19. The summed E-state index contributed by atoms with van der Waals surface area (Å²) >= 11 is 12.1. The van der Waals surface area contributed by atoms with Gasteiger partial charge in [-0.15, -0.1) is 0 Å². The van der Waals surface area contributed by atoms with E-state index in [9.17, 15) is 9.59 Å². The SMILES string of the molecule is CCOC(=O)C1=C(C)NC(=S)N[C@H]1c1ccccc1OCC(=O)NN=Cc1cc(Br)cc(Br)c1OC. The van der Waals surface area contributed by atoms with Crippen molar-refractivity contribution in [3.63, 3.8) is 0 Å². The molecule has 0 fully saturated rings. The summed E-state index contributed by atoms with van der Waals surface area (Å²) < 4.78 is 18.0. The van der Waals surface area contributed by atoms with Crippen LogP contribution in [-0.4, -0.2) is 43.5 Å². The van der Waals surface area contributed by atoms with Crippen LogP contribution in [0.3, 0.4) is 0 Å². The first-order valence-corrected chi connectivity index (χ1v) is 12.8. The normalized spacial score (nSPS) is 15.2. The number of thiocarbonyl (C=S) groups is 1. The second-order valence-electron chi connectivity index (χ2n) is 7.42. The topological polar surface area (TPSA) is 110 Å². The van der Waals surface area contributed by atoms with E-state index in [4.69, 9.17) is 26.4 Å². The fourth-order valence-electron chi connectivity index (χ4n) is 3.50. The number of carbonyl (C=O) groups excluding carboxylic acids is 2. The van der Waals surface area contributed by atoms with Crippen molar-refractivity contribution in [3.05, 3.63) is 67.7 Å². The minimum absolute atomic E-state index is 0.231. The van der Waals surface area contributed by atoms with Crippen molar-refractivity contribution in [2.75, 3.05) is 20.3 Å². The number of halogens is 2. The third-order valence-electron chi connectivity index (χ3n) is 4.99. The first-order chi connectivity index (χ1) is 17.2. The Morgan fingerprint density at radius 1 is 1.25 bits per heavy atom. The van der Waals surface area contributed by atoms with E-state index in [-0.39, 0.29) is 13.2 Å². The molecule has 12 heteroatoms. The molecule has 0 radical (unpaired) electrons. The Balaban J connectivity index is 1.73. The van der Waals surface area contributed by atoms with E-state index >= 15 is 0 Å². The van der Waals surface area contributed by atoms with Gasteiger partial charge in [0.1, 0.15) is 11.5 Å². The van der Waals surface area contributed by atoms with Crippen LogP contribution in [0.25, 0.3) is 0 Å². The summed E-state index contributed by atoms with van der Waals surface area (Å²) in [5.41, 5.74) is 4.69. The lowest BCUT2D eigenvalue weighted by Crippen LogP contribution is -2.45. The Hall–Kier alpha value is -2.96. The first-order valence-electron chi connectivity index (χ1n) is 10.8. The van der Waals surface area contributed by atoms with Crippen LogP contribution >= 0.6 is 44.1 Å². The Bertz CT molecular complexity index is 1230. The van der Waals surface area contributed by atoms with Crippen LogP contribution in [-0.2, 0) is 14.3 Å². The molecule has 3 rings (SSSR count). The van der Waals surface area contributed by atoms with Gasteiger partial charge in [0.25, 0.3) is 5.91 Å². The van der Waals surface area contributed by atoms with Gasteiger partial charge in [0.15, 0.2) is 11.7 Å². The molecular weight excluding hydrogens is 616 g/mol. The molecule has 1 amide bonds. The molecule has 0 saturated heterocycles. The molecule has 0 aromatic heterocycles. The molecule has 1 aliphatic rings. The monoisotopic (exact) mass is 638 g/mol. The first kappa shape index (κ1) is 27.6. The molecule has 0 unspecified atom stereocenters. The van der Waals surface area contributed by atoms with Crippen molar-refractivity contribution in [3.8, 4) is 11.5 Å². The Labute approximate surface area is 230 Å². The maximum Gasteiger partial charge on any atom is 0.338 e. The number of amides is 1. The van der Waals surface area contributed by atoms with E-state index in [1.165, 1.54) is 6.21 Å². The van der Waals surface area contributed by atoms with E-state index in [0.29, 0.717) is 39.0 Å². The van der Waals surface area contributed by atoms with E-state index in [1.807, 2.05) is 6.07 Å². The lowest BCUT2D eigenvalue weighted by molar-refractivity contribution is -0.139. The van der Waals surface area contributed by atoms with Gasteiger partial charge < -0.3 is 24.8 Å². The highest BCUT2D eigenvalue weighted by Crippen LogP contribution is 2.34. The van der Waals surface area contributed by atoms with E-state index in [0.717, 1.165) is 8.95 Å². The van der Waals surface area contributed by atoms with Gasteiger partial charge in [-0.25, -0.2) is 10.2 Å². The lowest BCUT2D eigenvalue weighted by atomic mass is 9.95. The molecular formula is C24H24Br2N4O5S. The van der Waals surface area contributed by atoms with Gasteiger partial charge in [0.05, 0.1) is 36.0 Å². The zero-order valence-electron chi connectivity index (χ0n) is 19.7. The van der Waals surface area contributed by atoms with Crippen LogP contribution in [0.5, 0.6) is 11.5 Å². The molecule has 190 valence electrons. The molecule has 36 heavy (non-hydrogen) atoms. The number of ether oxygens (including phenoxy) is 3. The minimum Gasteiger partial charge on any atom is -0.495 e. The number of rotatable bonds is 9. The van der Waals surface area contributed by atoms with Crippen LogP contribution < -0.4 is 25.5 Å². The number of nitrogens with zero attached hydrogens (tertiary/aromatic N) is 1. The van der Waals surface area contributed by atoms with Crippen molar-refractivity contribution in [1.29, 1.82) is 0 Å². The average molecular weight is 640 g/mol. The Morgan fingerprint density at radius 3 is 2.72 bits per heavy atom. The van der Waals surface area contributed by atoms with Gasteiger partial charge in [-0.3, -0.25) is 4.79 Å². The number of methoxy groups -OCH3 is 1. The predicted molar refractivity (Wildman–Crippen MR) is 147 cm³/mol. The standard InChI is InChI=1S/C24H24Br2N4O5S/c1-4-34-23(32)20-13(2)28-24(36)29-21(20)16-7-5-6-8-18(16)35-12-19(31)30-27-11-14-9-15(25)10-17(26)22(14)33-3/h5-11,21H,4,12H2,1-3H3,(H,30,31)(H2,28,29,36)/t21-/m0/s1. The van der Waals surface area contributed by atoms with Gasteiger partial charge in [0, 0.05) is 21.3 Å². The van der Waals surface area contributed by atoms with Crippen LogP contribution in [0.4, 0.5) is 0 Å². The molecule has 9 nitrogen and oxygen atoms in total. The number of carbonyl (C=O) groups is 2. The summed E-state index contributed by atoms with van der Waals surface area (Å²) in [5.74, 6) is 0.0414. The maximum absolute atomic E-state index is 12.7. The maximum atomic E-state index is 12.7. The van der Waals surface area contributed by atoms with E-state index < -0.39 is 17.9 Å². The zero-order valence-corrected chi connectivity index (χ0v) is 23.7. The number of hydrogen-bond donors (Lipinski definition) is 3. The third-order valence-corrected chi connectivity index (χ3v) is 6.25.